The second-order valence-electron chi connectivity index (χ2n) is 6.48. The average Bonchev–Trinajstić information content (AvgIpc) is 3.43. The monoisotopic (exact) mass is 354 g/mol. The van der Waals surface area contributed by atoms with Crippen molar-refractivity contribution in [3.63, 3.8) is 0 Å². The topological polar surface area (TPSA) is 101 Å². The molecule has 1 N–H and O–H groups in total. The number of carboxylic acids is 1. The largest absolute Gasteiger partial charge is 0.478 e. The van der Waals surface area contributed by atoms with E-state index in [1.807, 2.05) is 0 Å². The average molecular weight is 354 g/mol. The minimum Gasteiger partial charge on any atom is -0.478 e. The number of carbonyl (C=O) groups excluding carboxylic acids is 1. The van der Waals surface area contributed by atoms with Gasteiger partial charge in [-0.15, -0.1) is 0 Å². The second kappa shape index (κ2) is 6.95. The lowest BCUT2D eigenvalue weighted by atomic mass is 10.0. The third-order valence-electron chi connectivity index (χ3n) is 4.29. The van der Waals surface area contributed by atoms with Crippen molar-refractivity contribution in [3.8, 4) is 0 Å². The van der Waals surface area contributed by atoms with Gasteiger partial charge in [0.1, 0.15) is 0 Å². The summed E-state index contributed by atoms with van der Waals surface area (Å²) in [5.41, 5.74) is 1.73. The number of hydrogen-bond donors (Lipinski definition) is 1. The summed E-state index contributed by atoms with van der Waals surface area (Å²) in [5, 5.41) is 20.2. The molecule has 0 saturated heterocycles. The molecule has 2 aromatic carbocycles. The van der Waals surface area contributed by atoms with Gasteiger partial charge in [-0.25, -0.2) is 4.79 Å². The normalized spacial score (nSPS) is 13.3. The van der Waals surface area contributed by atoms with Gasteiger partial charge in [-0.05, 0) is 49.1 Å². The molecular weight excluding hydrogens is 336 g/mol. The lowest BCUT2D eigenvalue weighted by Crippen LogP contribution is -2.32. The number of nitro benzene ring substituents is 1. The maximum absolute atomic E-state index is 13.0. The van der Waals surface area contributed by atoms with E-state index in [0.29, 0.717) is 16.7 Å². The molecule has 1 fully saturated rings. The fourth-order valence-electron chi connectivity index (χ4n) is 2.91. The van der Waals surface area contributed by atoms with Gasteiger partial charge in [0.05, 0.1) is 10.5 Å². The smallest absolute Gasteiger partial charge is 0.335 e. The molecule has 0 bridgehead atoms. The molecule has 0 aliphatic heterocycles. The van der Waals surface area contributed by atoms with E-state index in [4.69, 9.17) is 0 Å². The number of rotatable bonds is 6. The highest BCUT2D eigenvalue weighted by molar-refractivity contribution is 5.98. The van der Waals surface area contributed by atoms with Gasteiger partial charge >= 0.3 is 5.97 Å². The summed E-state index contributed by atoms with van der Waals surface area (Å²) in [7, 11) is 0. The maximum atomic E-state index is 13.0. The molecule has 0 spiro atoms. The van der Waals surface area contributed by atoms with Gasteiger partial charge in [0.15, 0.2) is 0 Å². The summed E-state index contributed by atoms with van der Waals surface area (Å²) in [5.74, 6) is -1.34. The van der Waals surface area contributed by atoms with E-state index in [9.17, 15) is 24.8 Å². The first-order valence-electron chi connectivity index (χ1n) is 8.24. The van der Waals surface area contributed by atoms with Crippen LogP contribution in [0.1, 0.15) is 44.7 Å². The molecule has 1 amide bonds. The first-order valence-corrected chi connectivity index (χ1v) is 8.24. The number of amides is 1. The van der Waals surface area contributed by atoms with Crippen molar-refractivity contribution in [1.29, 1.82) is 0 Å². The van der Waals surface area contributed by atoms with E-state index < -0.39 is 10.9 Å². The van der Waals surface area contributed by atoms with Crippen LogP contribution in [0.15, 0.2) is 42.5 Å². The van der Waals surface area contributed by atoms with Crippen LogP contribution in [0.5, 0.6) is 0 Å². The van der Waals surface area contributed by atoms with Gasteiger partial charge in [-0.2, -0.15) is 0 Å². The van der Waals surface area contributed by atoms with Gasteiger partial charge in [0.2, 0.25) is 0 Å². The Kier molecular flexibility index (Phi) is 4.71. The van der Waals surface area contributed by atoms with Crippen LogP contribution in [0, 0.1) is 17.0 Å². The molecule has 7 heteroatoms. The number of hydrogen-bond acceptors (Lipinski definition) is 4. The molecule has 0 unspecified atom stereocenters. The van der Waals surface area contributed by atoms with Crippen LogP contribution < -0.4 is 0 Å². The van der Waals surface area contributed by atoms with Crippen molar-refractivity contribution in [1.82, 2.24) is 4.90 Å². The number of non-ortho nitro benzene ring substituents is 1. The van der Waals surface area contributed by atoms with Crippen LogP contribution >= 0.6 is 0 Å². The number of carboxylic acid groups (broad SMARTS) is 1. The quantitative estimate of drug-likeness (QED) is 0.633. The van der Waals surface area contributed by atoms with Crippen molar-refractivity contribution >= 4 is 17.6 Å². The number of nitro groups is 1. The molecule has 26 heavy (non-hydrogen) atoms. The molecule has 3 rings (SSSR count). The lowest BCUT2D eigenvalue weighted by Gasteiger charge is -2.23. The first kappa shape index (κ1) is 17.6. The number of aromatic carboxylic acids is 1. The molecule has 2 aromatic rings. The van der Waals surface area contributed by atoms with Gasteiger partial charge in [-0.3, -0.25) is 14.9 Å². The van der Waals surface area contributed by atoms with Crippen molar-refractivity contribution < 1.29 is 19.6 Å². The third-order valence-corrected chi connectivity index (χ3v) is 4.29. The molecule has 134 valence electrons. The van der Waals surface area contributed by atoms with Crippen LogP contribution in [0.4, 0.5) is 5.69 Å². The first-order chi connectivity index (χ1) is 12.3. The zero-order valence-electron chi connectivity index (χ0n) is 14.2. The minimum atomic E-state index is -1.08. The highest BCUT2D eigenvalue weighted by Crippen LogP contribution is 2.30. The molecule has 0 atom stereocenters. The van der Waals surface area contributed by atoms with E-state index in [2.05, 4.69) is 0 Å². The van der Waals surface area contributed by atoms with Crippen LogP contribution in [-0.4, -0.2) is 32.8 Å². The van der Waals surface area contributed by atoms with Gasteiger partial charge in [0.25, 0.3) is 11.6 Å². The summed E-state index contributed by atoms with van der Waals surface area (Å²) in [4.78, 5) is 36.4. The Hall–Kier alpha value is -3.22. The van der Waals surface area contributed by atoms with Crippen LogP contribution in [-0.2, 0) is 6.54 Å². The molecule has 0 heterocycles. The standard InChI is InChI=1S/C19H18N2O5/c1-12-7-14(10-15(8-12)19(23)24)18(22)20(16-5-6-16)11-13-3-2-4-17(9-13)21(25)26/h2-4,7-10,16H,5-6,11H2,1H3,(H,23,24). The number of aryl methyl sites for hydroxylation is 1. The van der Waals surface area contributed by atoms with Gasteiger partial charge < -0.3 is 10.0 Å². The molecule has 1 saturated carbocycles. The second-order valence-corrected chi connectivity index (χ2v) is 6.48. The zero-order chi connectivity index (χ0) is 18.8. The van der Waals surface area contributed by atoms with Crippen molar-refractivity contribution in [2.24, 2.45) is 0 Å². The van der Waals surface area contributed by atoms with Gasteiger partial charge in [-0.1, -0.05) is 12.1 Å². The summed E-state index contributed by atoms with van der Waals surface area (Å²) < 4.78 is 0. The summed E-state index contributed by atoms with van der Waals surface area (Å²) in [6.45, 7) is 1.99. The Morgan fingerprint density at radius 1 is 1.19 bits per heavy atom. The molecule has 0 radical (unpaired) electrons. The highest BCUT2D eigenvalue weighted by Gasteiger charge is 2.33. The van der Waals surface area contributed by atoms with E-state index in [-0.39, 0.29) is 29.7 Å². The third kappa shape index (κ3) is 3.88. The SMILES string of the molecule is Cc1cc(C(=O)O)cc(C(=O)N(Cc2cccc([N+](=O)[O-])c2)C2CC2)c1. The Balaban J connectivity index is 1.89. The predicted molar refractivity (Wildman–Crippen MR) is 94.1 cm³/mol. The molecule has 7 nitrogen and oxygen atoms in total. The minimum absolute atomic E-state index is 0.0191. The Labute approximate surface area is 150 Å². The Morgan fingerprint density at radius 2 is 1.88 bits per heavy atom. The summed E-state index contributed by atoms with van der Waals surface area (Å²) >= 11 is 0. The van der Waals surface area contributed by atoms with Crippen molar-refractivity contribution in [2.75, 3.05) is 0 Å². The van der Waals surface area contributed by atoms with Gasteiger partial charge in [0, 0.05) is 30.3 Å². The Morgan fingerprint density at radius 3 is 2.50 bits per heavy atom. The molecule has 1 aliphatic carbocycles. The van der Waals surface area contributed by atoms with Crippen LogP contribution in [0.3, 0.4) is 0 Å². The molecule has 1 aliphatic rings. The summed E-state index contributed by atoms with van der Waals surface area (Å²) in [6.07, 6.45) is 1.75. The zero-order valence-corrected chi connectivity index (χ0v) is 14.2. The number of nitrogens with zero attached hydrogens (tertiary/aromatic N) is 2. The number of carbonyl (C=O) groups is 2. The predicted octanol–water partition coefficient (Wildman–Crippen LogP) is 3.41. The van der Waals surface area contributed by atoms with E-state index in [0.717, 1.165) is 12.8 Å². The lowest BCUT2D eigenvalue weighted by molar-refractivity contribution is -0.384. The van der Waals surface area contributed by atoms with Crippen molar-refractivity contribution in [2.45, 2.75) is 32.4 Å². The highest BCUT2D eigenvalue weighted by atomic mass is 16.6. The molecule has 0 aromatic heterocycles. The fraction of sp³-hybridized carbons (Fsp3) is 0.263. The van der Waals surface area contributed by atoms with E-state index >= 15 is 0 Å². The van der Waals surface area contributed by atoms with Crippen molar-refractivity contribution in [3.05, 3.63) is 74.8 Å². The van der Waals surface area contributed by atoms with E-state index in [1.165, 1.54) is 24.3 Å². The fourth-order valence-corrected chi connectivity index (χ4v) is 2.91. The van der Waals surface area contributed by atoms with Crippen LogP contribution in [0.2, 0.25) is 0 Å². The Bertz CT molecular complexity index is 889. The van der Waals surface area contributed by atoms with Crippen LogP contribution in [0.25, 0.3) is 0 Å². The molecular formula is C19H18N2O5. The van der Waals surface area contributed by atoms with E-state index in [1.54, 1.807) is 30.0 Å². The maximum Gasteiger partial charge on any atom is 0.335 e. The summed E-state index contributed by atoms with van der Waals surface area (Å²) in [6, 6.07) is 10.8. The number of benzene rings is 2.